The number of rotatable bonds is 2. The molecule has 2 heterocycles. The topological polar surface area (TPSA) is 89.9 Å². The van der Waals surface area contributed by atoms with Crippen LogP contribution in [0.15, 0.2) is 36.4 Å². The third kappa shape index (κ3) is 5.69. The zero-order valence-corrected chi connectivity index (χ0v) is 21.2. The number of fused-ring (bicyclic) bond motifs is 2. The van der Waals surface area contributed by atoms with Crippen molar-refractivity contribution in [1.29, 1.82) is 0 Å². The first-order valence-electron chi connectivity index (χ1n) is 12.8. The molecule has 190 valence electrons. The Bertz CT molecular complexity index is 1170. The van der Waals surface area contributed by atoms with E-state index in [4.69, 9.17) is 9.47 Å². The van der Waals surface area contributed by atoms with Crippen molar-refractivity contribution in [2.45, 2.75) is 83.7 Å². The summed E-state index contributed by atoms with van der Waals surface area (Å²) in [5, 5.41) is 11.5. The molecule has 0 aromatic heterocycles. The Morgan fingerprint density at radius 2 is 1.75 bits per heavy atom. The Labute approximate surface area is 212 Å². The van der Waals surface area contributed by atoms with Crippen molar-refractivity contribution < 1.29 is 29.0 Å². The number of ketones is 1. The average Bonchev–Trinajstić information content (AvgIpc) is 2.82. The number of cyclic esters (lactones) is 1. The van der Waals surface area contributed by atoms with E-state index < -0.39 is 18.0 Å². The summed E-state index contributed by atoms with van der Waals surface area (Å²) < 4.78 is 11.2. The third-order valence-corrected chi connectivity index (χ3v) is 6.98. The number of phenolic OH excluding ortho intramolecular Hbond substituents is 1. The second-order valence-corrected chi connectivity index (χ2v) is 10.1. The predicted octanol–water partition coefficient (Wildman–Crippen LogP) is 6.44. The van der Waals surface area contributed by atoms with Gasteiger partial charge in [-0.25, -0.2) is 4.79 Å². The standard InChI is InChI=1S/C30H34O6/c1-18(2)20-12-14-21(15-13-20)24-17-26(32)36-25-16-22-9-5-4-6-10-23(31)11-7-8-19(3)35-30(34)27(22)29(33)28(24)25/h5,9,12-16,18-19,24,33H,4,6-8,10-11,17H2,1-3H3/t19-,24?/m0/s1. The molecule has 0 spiro atoms. The van der Waals surface area contributed by atoms with Crippen LogP contribution in [0.5, 0.6) is 11.5 Å². The minimum absolute atomic E-state index is 0.0652. The molecule has 2 aromatic rings. The van der Waals surface area contributed by atoms with Crippen molar-refractivity contribution in [2.24, 2.45) is 0 Å². The average molecular weight is 491 g/mol. The smallest absolute Gasteiger partial charge is 0.342 e. The van der Waals surface area contributed by atoms with Crippen LogP contribution in [0.2, 0.25) is 0 Å². The minimum atomic E-state index is -0.628. The first-order chi connectivity index (χ1) is 17.2. The molecule has 2 aromatic carbocycles. The fourth-order valence-electron chi connectivity index (χ4n) is 4.92. The highest BCUT2D eigenvalue weighted by Gasteiger charge is 2.35. The molecule has 0 saturated carbocycles. The van der Waals surface area contributed by atoms with Crippen molar-refractivity contribution in [3.05, 3.63) is 64.2 Å². The summed E-state index contributed by atoms with van der Waals surface area (Å²) in [4.78, 5) is 37.9. The van der Waals surface area contributed by atoms with E-state index in [1.54, 1.807) is 19.1 Å². The van der Waals surface area contributed by atoms with Crippen molar-refractivity contribution >= 4 is 23.8 Å². The van der Waals surface area contributed by atoms with Gasteiger partial charge in [-0.2, -0.15) is 0 Å². The molecule has 0 aliphatic carbocycles. The van der Waals surface area contributed by atoms with Crippen LogP contribution >= 0.6 is 0 Å². The van der Waals surface area contributed by atoms with Crippen molar-refractivity contribution in [1.82, 2.24) is 0 Å². The lowest BCUT2D eigenvalue weighted by Gasteiger charge is -2.28. The molecule has 0 amide bonds. The zero-order valence-electron chi connectivity index (χ0n) is 21.2. The van der Waals surface area contributed by atoms with Gasteiger partial charge in [0.1, 0.15) is 22.8 Å². The lowest BCUT2D eigenvalue weighted by molar-refractivity contribution is -0.135. The lowest BCUT2D eigenvalue weighted by atomic mass is 9.83. The van der Waals surface area contributed by atoms with Gasteiger partial charge in [0, 0.05) is 24.3 Å². The molecule has 0 fully saturated rings. The summed E-state index contributed by atoms with van der Waals surface area (Å²) >= 11 is 0. The van der Waals surface area contributed by atoms with E-state index in [0.29, 0.717) is 55.6 Å². The second kappa shape index (κ2) is 11.1. The maximum absolute atomic E-state index is 13.3. The Morgan fingerprint density at radius 1 is 1.03 bits per heavy atom. The number of aromatic hydroxyl groups is 1. The monoisotopic (exact) mass is 490 g/mol. The summed E-state index contributed by atoms with van der Waals surface area (Å²) in [6.45, 7) is 6.02. The fourth-order valence-corrected chi connectivity index (χ4v) is 4.92. The van der Waals surface area contributed by atoms with Crippen molar-refractivity contribution in [3.63, 3.8) is 0 Å². The van der Waals surface area contributed by atoms with Gasteiger partial charge in [0.25, 0.3) is 0 Å². The molecular formula is C30H34O6. The van der Waals surface area contributed by atoms with Crippen LogP contribution in [-0.2, 0) is 14.3 Å². The summed E-state index contributed by atoms with van der Waals surface area (Å²) in [7, 11) is 0. The number of esters is 2. The van der Waals surface area contributed by atoms with Crippen LogP contribution < -0.4 is 4.74 Å². The molecule has 2 aliphatic heterocycles. The Kier molecular flexibility index (Phi) is 7.92. The molecule has 0 bridgehead atoms. The molecule has 1 N–H and O–H groups in total. The number of ether oxygens (including phenoxy) is 2. The van der Waals surface area contributed by atoms with Crippen molar-refractivity contribution in [2.75, 3.05) is 0 Å². The predicted molar refractivity (Wildman–Crippen MR) is 137 cm³/mol. The molecule has 2 atom stereocenters. The normalized spacial score (nSPS) is 21.3. The van der Waals surface area contributed by atoms with Crippen LogP contribution in [0.25, 0.3) is 6.08 Å². The molecule has 2 aliphatic rings. The summed E-state index contributed by atoms with van der Waals surface area (Å²) in [6.07, 6.45) is 6.82. The number of carbonyl (C=O) groups excluding carboxylic acids is 3. The Hall–Kier alpha value is -3.41. The number of benzene rings is 2. The molecule has 4 rings (SSSR count). The molecular weight excluding hydrogens is 456 g/mol. The highest BCUT2D eigenvalue weighted by molar-refractivity contribution is 5.98. The third-order valence-electron chi connectivity index (χ3n) is 6.98. The number of Topliss-reactive ketones (excluding diaryl/α,β-unsaturated/α-hetero) is 1. The Morgan fingerprint density at radius 3 is 2.47 bits per heavy atom. The van der Waals surface area contributed by atoms with E-state index in [2.05, 4.69) is 13.8 Å². The molecule has 1 unspecified atom stereocenters. The van der Waals surface area contributed by atoms with Gasteiger partial charge in [0.05, 0.1) is 12.5 Å². The SMILES string of the molecule is CC(C)c1ccc(C2CC(=O)Oc3cc4c(c(O)c32)C(=O)O[C@@H](C)CCCC(=O)CCCC=C4)cc1. The maximum atomic E-state index is 13.3. The van der Waals surface area contributed by atoms with Gasteiger partial charge in [-0.1, -0.05) is 50.3 Å². The number of carbonyl (C=O) groups is 3. The lowest BCUT2D eigenvalue weighted by Crippen LogP contribution is -2.23. The van der Waals surface area contributed by atoms with Gasteiger partial charge < -0.3 is 14.6 Å². The summed E-state index contributed by atoms with van der Waals surface area (Å²) in [6, 6.07) is 9.63. The number of hydrogen-bond acceptors (Lipinski definition) is 6. The van der Waals surface area contributed by atoms with E-state index in [1.807, 2.05) is 30.3 Å². The highest BCUT2D eigenvalue weighted by atomic mass is 16.5. The van der Waals surface area contributed by atoms with Crippen LogP contribution in [0.4, 0.5) is 0 Å². The van der Waals surface area contributed by atoms with Crippen LogP contribution in [0.1, 0.15) is 110 Å². The van der Waals surface area contributed by atoms with Gasteiger partial charge >= 0.3 is 11.9 Å². The van der Waals surface area contributed by atoms with Crippen molar-refractivity contribution in [3.8, 4) is 11.5 Å². The minimum Gasteiger partial charge on any atom is -0.507 e. The summed E-state index contributed by atoms with van der Waals surface area (Å²) in [5.41, 5.74) is 2.98. The highest BCUT2D eigenvalue weighted by Crippen LogP contribution is 2.47. The first kappa shape index (κ1) is 25.7. The Balaban J connectivity index is 1.79. The van der Waals surface area contributed by atoms with E-state index >= 15 is 0 Å². The largest absolute Gasteiger partial charge is 0.507 e. The van der Waals surface area contributed by atoms with Gasteiger partial charge in [-0.05, 0) is 61.3 Å². The number of allylic oxidation sites excluding steroid dienone is 1. The fraction of sp³-hybridized carbons (Fsp3) is 0.433. The van der Waals surface area contributed by atoms with Gasteiger partial charge in [-0.3, -0.25) is 9.59 Å². The van der Waals surface area contributed by atoms with Gasteiger partial charge in [0.2, 0.25) is 0 Å². The van der Waals surface area contributed by atoms with E-state index in [0.717, 1.165) is 5.56 Å². The maximum Gasteiger partial charge on any atom is 0.342 e. The van der Waals surface area contributed by atoms with E-state index in [1.165, 1.54) is 5.56 Å². The van der Waals surface area contributed by atoms with E-state index in [-0.39, 0.29) is 35.2 Å². The second-order valence-electron chi connectivity index (χ2n) is 10.1. The molecule has 0 radical (unpaired) electrons. The first-order valence-corrected chi connectivity index (χ1v) is 12.8. The van der Waals surface area contributed by atoms with Crippen LogP contribution in [0, 0.1) is 0 Å². The summed E-state index contributed by atoms with van der Waals surface area (Å²) in [5.74, 6) is -0.839. The molecule has 6 nitrogen and oxygen atoms in total. The van der Waals surface area contributed by atoms with Crippen LogP contribution in [0.3, 0.4) is 0 Å². The van der Waals surface area contributed by atoms with Gasteiger partial charge in [0.15, 0.2) is 0 Å². The molecule has 36 heavy (non-hydrogen) atoms. The molecule has 6 heteroatoms. The van der Waals surface area contributed by atoms with Gasteiger partial charge in [-0.15, -0.1) is 0 Å². The molecule has 0 saturated heterocycles. The van der Waals surface area contributed by atoms with Crippen LogP contribution in [-0.4, -0.2) is 28.9 Å². The number of phenols is 1. The quantitative estimate of drug-likeness (QED) is 0.385. The zero-order chi connectivity index (χ0) is 25.8. The number of hydrogen-bond donors (Lipinski definition) is 1. The van der Waals surface area contributed by atoms with E-state index in [9.17, 15) is 19.5 Å².